The molecule has 2 rings (SSSR count). The second-order valence-electron chi connectivity index (χ2n) is 6.58. The molecule has 2 aromatic rings. The van der Waals surface area contributed by atoms with E-state index >= 15 is 0 Å². The monoisotopic (exact) mass is 407 g/mol. The lowest BCUT2D eigenvalue weighted by Crippen LogP contribution is -2.31. The zero-order valence-electron chi connectivity index (χ0n) is 16.8. The molecule has 0 atom stereocenters. The molecule has 152 valence electrons. The van der Waals surface area contributed by atoms with E-state index in [9.17, 15) is 17.6 Å². The number of hydrogen-bond donors (Lipinski definition) is 1. The number of aryl methyl sites for hydroxylation is 1. The van der Waals surface area contributed by atoms with Gasteiger partial charge in [-0.1, -0.05) is 19.9 Å². The Morgan fingerprint density at radius 3 is 2.25 bits per heavy atom. The van der Waals surface area contributed by atoms with Crippen molar-refractivity contribution in [2.75, 3.05) is 37.4 Å². The minimum atomic E-state index is -3.66. The van der Waals surface area contributed by atoms with Gasteiger partial charge in [-0.05, 0) is 42.8 Å². The van der Waals surface area contributed by atoms with Gasteiger partial charge in [0, 0.05) is 38.4 Å². The van der Waals surface area contributed by atoms with Crippen LogP contribution in [-0.2, 0) is 10.0 Å². The van der Waals surface area contributed by atoms with Crippen LogP contribution >= 0.6 is 0 Å². The Morgan fingerprint density at radius 1 is 1.07 bits per heavy atom. The Labute approximate surface area is 166 Å². The number of nitrogens with zero attached hydrogens (tertiary/aromatic N) is 2. The lowest BCUT2D eigenvalue weighted by atomic mass is 10.1. The summed E-state index contributed by atoms with van der Waals surface area (Å²) >= 11 is 0. The normalized spacial score (nSPS) is 11.5. The Morgan fingerprint density at radius 2 is 1.71 bits per heavy atom. The highest BCUT2D eigenvalue weighted by Gasteiger charge is 2.24. The third-order valence-electron chi connectivity index (χ3n) is 4.46. The molecule has 0 aliphatic carbocycles. The Balaban J connectivity index is 2.33. The molecule has 0 bridgehead atoms. The van der Waals surface area contributed by atoms with Gasteiger partial charge in [0.1, 0.15) is 5.82 Å². The first-order valence-electron chi connectivity index (χ1n) is 9.00. The smallest absolute Gasteiger partial charge is 0.255 e. The largest absolute Gasteiger partial charge is 0.375 e. The van der Waals surface area contributed by atoms with Gasteiger partial charge in [-0.25, -0.2) is 12.8 Å². The van der Waals surface area contributed by atoms with Crippen molar-refractivity contribution in [2.24, 2.45) is 0 Å². The number of hydrogen-bond acceptors (Lipinski definition) is 4. The van der Waals surface area contributed by atoms with Gasteiger partial charge in [-0.2, -0.15) is 4.31 Å². The summed E-state index contributed by atoms with van der Waals surface area (Å²) in [7, 11) is -0.239. The van der Waals surface area contributed by atoms with Crippen LogP contribution in [0.4, 0.5) is 15.8 Å². The number of carbonyl (C=O) groups is 1. The molecule has 0 saturated heterocycles. The van der Waals surface area contributed by atoms with Crippen LogP contribution in [0, 0.1) is 12.7 Å². The van der Waals surface area contributed by atoms with Crippen LogP contribution in [0.25, 0.3) is 0 Å². The number of amides is 1. The van der Waals surface area contributed by atoms with Gasteiger partial charge < -0.3 is 10.2 Å². The van der Waals surface area contributed by atoms with Crippen LogP contribution < -0.4 is 10.2 Å². The van der Waals surface area contributed by atoms with E-state index in [0.29, 0.717) is 30.0 Å². The summed E-state index contributed by atoms with van der Waals surface area (Å²) in [6.07, 6.45) is 0. The minimum absolute atomic E-state index is 0.142. The lowest BCUT2D eigenvalue weighted by molar-refractivity contribution is 0.102. The van der Waals surface area contributed by atoms with E-state index in [0.717, 1.165) is 6.07 Å². The molecule has 0 saturated carbocycles. The third-order valence-corrected chi connectivity index (χ3v) is 6.65. The van der Waals surface area contributed by atoms with Gasteiger partial charge in [-0.3, -0.25) is 4.79 Å². The molecule has 0 heterocycles. The van der Waals surface area contributed by atoms with Crippen molar-refractivity contribution in [3.05, 3.63) is 53.3 Å². The van der Waals surface area contributed by atoms with Crippen molar-refractivity contribution in [1.29, 1.82) is 0 Å². The molecule has 0 fully saturated rings. The molecular weight excluding hydrogens is 381 g/mol. The summed E-state index contributed by atoms with van der Waals surface area (Å²) in [6.45, 7) is 5.96. The summed E-state index contributed by atoms with van der Waals surface area (Å²) in [5.41, 5.74) is 1.45. The van der Waals surface area contributed by atoms with Crippen LogP contribution in [0.3, 0.4) is 0 Å². The minimum Gasteiger partial charge on any atom is -0.375 e. The summed E-state index contributed by atoms with van der Waals surface area (Å²) in [6, 6.07) is 8.91. The average Bonchev–Trinajstić information content (AvgIpc) is 2.63. The van der Waals surface area contributed by atoms with Crippen LogP contribution in [-0.4, -0.2) is 45.8 Å². The van der Waals surface area contributed by atoms with Crippen LogP contribution in [0.2, 0.25) is 0 Å². The van der Waals surface area contributed by atoms with E-state index in [2.05, 4.69) is 5.32 Å². The maximum Gasteiger partial charge on any atom is 0.255 e. The predicted molar refractivity (Wildman–Crippen MR) is 110 cm³/mol. The zero-order valence-corrected chi connectivity index (χ0v) is 17.6. The highest BCUT2D eigenvalue weighted by molar-refractivity contribution is 7.89. The van der Waals surface area contributed by atoms with Gasteiger partial charge in [0.2, 0.25) is 10.0 Å². The van der Waals surface area contributed by atoms with Gasteiger partial charge in [-0.15, -0.1) is 0 Å². The van der Waals surface area contributed by atoms with E-state index in [1.54, 1.807) is 51.9 Å². The molecule has 0 aliphatic rings. The molecule has 0 spiro atoms. The summed E-state index contributed by atoms with van der Waals surface area (Å²) in [5, 5.41) is 2.65. The first-order chi connectivity index (χ1) is 13.1. The van der Waals surface area contributed by atoms with E-state index in [1.165, 1.54) is 22.5 Å². The number of anilines is 2. The molecular formula is C20H26FN3O3S. The second-order valence-corrected chi connectivity index (χ2v) is 8.49. The van der Waals surface area contributed by atoms with Crippen LogP contribution in [0.15, 0.2) is 41.3 Å². The van der Waals surface area contributed by atoms with E-state index in [-0.39, 0.29) is 10.5 Å². The molecule has 0 aromatic heterocycles. The van der Waals surface area contributed by atoms with E-state index < -0.39 is 21.7 Å². The number of carbonyl (C=O) groups excluding carboxylic acids is 1. The number of nitrogens with one attached hydrogen (secondary N) is 1. The summed E-state index contributed by atoms with van der Waals surface area (Å²) < 4.78 is 41.1. The molecule has 0 radical (unpaired) electrons. The predicted octanol–water partition coefficient (Wildman–Crippen LogP) is 3.48. The van der Waals surface area contributed by atoms with Crippen molar-refractivity contribution < 1.29 is 17.6 Å². The fourth-order valence-electron chi connectivity index (χ4n) is 2.87. The van der Waals surface area contributed by atoms with Crippen molar-refractivity contribution in [1.82, 2.24) is 4.31 Å². The first-order valence-corrected chi connectivity index (χ1v) is 10.4. The van der Waals surface area contributed by atoms with Gasteiger partial charge in [0.15, 0.2) is 0 Å². The maximum atomic E-state index is 14.1. The summed E-state index contributed by atoms with van der Waals surface area (Å²) in [4.78, 5) is 14.2. The van der Waals surface area contributed by atoms with E-state index in [1.807, 2.05) is 0 Å². The number of rotatable bonds is 7. The van der Waals surface area contributed by atoms with Crippen LogP contribution in [0.1, 0.15) is 29.8 Å². The second kappa shape index (κ2) is 8.70. The third kappa shape index (κ3) is 4.51. The highest BCUT2D eigenvalue weighted by Crippen LogP contribution is 2.24. The standard InChI is InChI=1S/C20H26FN3O3S/c1-6-24(7-2)28(26,27)19-13-16(10-8-14(19)3)22-20(25)15-9-11-18(23(4)5)17(21)12-15/h8-13H,6-7H2,1-5H3,(H,22,25). The van der Waals surface area contributed by atoms with Gasteiger partial charge in [0.25, 0.3) is 5.91 Å². The summed E-state index contributed by atoms with van der Waals surface area (Å²) in [5.74, 6) is -1.02. The Bertz CT molecular complexity index is 971. The molecule has 8 heteroatoms. The maximum absolute atomic E-state index is 14.1. The molecule has 0 unspecified atom stereocenters. The number of benzene rings is 2. The molecule has 1 amide bonds. The molecule has 0 aliphatic heterocycles. The Hall–Kier alpha value is -2.45. The van der Waals surface area contributed by atoms with Gasteiger partial charge in [0.05, 0.1) is 10.6 Å². The van der Waals surface area contributed by atoms with Gasteiger partial charge >= 0.3 is 0 Å². The quantitative estimate of drug-likeness (QED) is 0.763. The number of sulfonamides is 1. The molecule has 28 heavy (non-hydrogen) atoms. The van der Waals surface area contributed by atoms with Crippen molar-refractivity contribution in [2.45, 2.75) is 25.7 Å². The Kier molecular flexibility index (Phi) is 6.79. The van der Waals surface area contributed by atoms with Crippen molar-refractivity contribution in [3.8, 4) is 0 Å². The average molecular weight is 408 g/mol. The fraction of sp³-hybridized carbons (Fsp3) is 0.350. The molecule has 1 N–H and O–H groups in total. The number of halogens is 1. The first kappa shape index (κ1) is 21.8. The van der Waals surface area contributed by atoms with Crippen molar-refractivity contribution in [3.63, 3.8) is 0 Å². The van der Waals surface area contributed by atoms with Crippen LogP contribution in [0.5, 0.6) is 0 Å². The fourth-order valence-corrected chi connectivity index (χ4v) is 4.58. The van der Waals surface area contributed by atoms with E-state index in [4.69, 9.17) is 0 Å². The highest BCUT2D eigenvalue weighted by atomic mass is 32.2. The topological polar surface area (TPSA) is 69.7 Å². The van der Waals surface area contributed by atoms with Crippen molar-refractivity contribution >= 4 is 27.3 Å². The molecule has 6 nitrogen and oxygen atoms in total. The lowest BCUT2D eigenvalue weighted by Gasteiger charge is -2.20. The zero-order chi connectivity index (χ0) is 21.1. The molecule has 2 aromatic carbocycles. The SMILES string of the molecule is CCN(CC)S(=O)(=O)c1cc(NC(=O)c2ccc(N(C)C)c(F)c2)ccc1C.